The molecule has 0 radical (unpaired) electrons. The third-order valence-electron chi connectivity index (χ3n) is 5.17. The Morgan fingerprint density at radius 3 is 2.74 bits per heavy atom. The number of fused-ring (bicyclic) bond motifs is 1. The van der Waals surface area contributed by atoms with Gasteiger partial charge in [0, 0.05) is 31.7 Å². The number of benzene rings is 1. The summed E-state index contributed by atoms with van der Waals surface area (Å²) in [5.74, 6) is -2.33. The quantitative estimate of drug-likeness (QED) is 0.235. The largest absolute Gasteiger partial charge is 0.480 e. The predicted octanol–water partition coefficient (Wildman–Crippen LogP) is 1.52. The van der Waals surface area contributed by atoms with Crippen molar-refractivity contribution in [2.75, 3.05) is 24.5 Å². The number of carbonyl (C=O) groups is 3. The van der Waals surface area contributed by atoms with E-state index in [2.05, 4.69) is 10.2 Å². The number of nitrogens with zero attached hydrogens (tertiary/aromatic N) is 2. The first-order valence-corrected chi connectivity index (χ1v) is 10.3. The summed E-state index contributed by atoms with van der Waals surface area (Å²) in [6.45, 7) is 1.89. The van der Waals surface area contributed by atoms with Crippen LogP contribution in [-0.2, 0) is 20.8 Å². The van der Waals surface area contributed by atoms with Gasteiger partial charge in [-0.2, -0.15) is 5.26 Å². The molecule has 0 fully saturated rings. The fourth-order valence-corrected chi connectivity index (χ4v) is 3.49. The zero-order valence-corrected chi connectivity index (χ0v) is 17.3. The monoisotopic (exact) mass is 428 g/mol. The Bertz CT molecular complexity index is 890. The number of amides is 1. The zero-order chi connectivity index (χ0) is 22.8. The lowest BCUT2D eigenvalue weighted by atomic mass is 9.98. The second kappa shape index (κ2) is 11.7. The molecule has 166 valence electrons. The standard InChI is InChI=1S/C22H28N4O5/c23-14-17(21(28)29)13-15-6-7-19-16(12-15)4-3-10-26(19)11-8-20(27)25-9-2-1-5-18(24)22(30)31/h6-7,12-13,18H,1-5,8-11,24H2,(H,25,27)(H,28,29)(H,30,31)/b17-13+/t18-/m1/s1. The summed E-state index contributed by atoms with van der Waals surface area (Å²) in [6, 6.07) is 6.39. The maximum absolute atomic E-state index is 12.1. The molecule has 1 aromatic rings. The van der Waals surface area contributed by atoms with Crippen molar-refractivity contribution in [2.45, 2.75) is 44.6 Å². The molecule has 0 saturated carbocycles. The van der Waals surface area contributed by atoms with Gasteiger partial charge >= 0.3 is 11.9 Å². The van der Waals surface area contributed by atoms with Crippen LogP contribution >= 0.6 is 0 Å². The molecule has 2 rings (SSSR count). The van der Waals surface area contributed by atoms with Crippen LogP contribution in [0.3, 0.4) is 0 Å². The van der Waals surface area contributed by atoms with Crippen LogP contribution in [0.25, 0.3) is 6.08 Å². The number of nitriles is 1. The molecule has 1 aromatic carbocycles. The summed E-state index contributed by atoms with van der Waals surface area (Å²) in [5, 5.41) is 29.5. The fourth-order valence-electron chi connectivity index (χ4n) is 3.49. The molecule has 1 atom stereocenters. The van der Waals surface area contributed by atoms with Crippen molar-refractivity contribution in [3.8, 4) is 6.07 Å². The van der Waals surface area contributed by atoms with E-state index in [4.69, 9.17) is 21.2 Å². The number of hydrogen-bond acceptors (Lipinski definition) is 6. The lowest BCUT2D eigenvalue weighted by Crippen LogP contribution is -2.34. The molecule has 1 aliphatic rings. The zero-order valence-electron chi connectivity index (χ0n) is 17.3. The van der Waals surface area contributed by atoms with Gasteiger partial charge in [-0.3, -0.25) is 9.59 Å². The second-order valence-electron chi connectivity index (χ2n) is 7.49. The van der Waals surface area contributed by atoms with E-state index in [9.17, 15) is 14.4 Å². The molecule has 1 aliphatic heterocycles. The van der Waals surface area contributed by atoms with Gasteiger partial charge in [-0.05, 0) is 61.4 Å². The summed E-state index contributed by atoms with van der Waals surface area (Å²) in [5.41, 5.74) is 7.89. The van der Waals surface area contributed by atoms with Gasteiger partial charge in [0.1, 0.15) is 17.7 Å². The molecule has 0 bridgehead atoms. The highest BCUT2D eigenvalue weighted by molar-refractivity contribution is 5.96. The molecule has 0 aromatic heterocycles. The Labute approximate surface area is 181 Å². The van der Waals surface area contributed by atoms with Crippen molar-refractivity contribution >= 4 is 29.6 Å². The normalized spacial score (nSPS) is 14.3. The Kier molecular flexibility index (Phi) is 9.03. The Hall–Kier alpha value is -3.38. The molecule has 0 spiro atoms. The molecule has 0 unspecified atom stereocenters. The lowest BCUT2D eigenvalue weighted by Gasteiger charge is -2.31. The lowest BCUT2D eigenvalue weighted by molar-refractivity contribution is -0.138. The number of unbranched alkanes of at least 4 members (excludes halogenated alkanes) is 1. The molecule has 9 nitrogen and oxygen atoms in total. The SMILES string of the molecule is N#C/C(=C\c1ccc2c(c1)CCCN2CCC(=O)NCCCC[C@@H](N)C(=O)O)C(=O)O. The van der Waals surface area contributed by atoms with Crippen molar-refractivity contribution in [1.82, 2.24) is 5.32 Å². The smallest absolute Gasteiger partial charge is 0.346 e. The van der Waals surface area contributed by atoms with Crippen LogP contribution in [0.2, 0.25) is 0 Å². The van der Waals surface area contributed by atoms with E-state index in [0.29, 0.717) is 44.3 Å². The summed E-state index contributed by atoms with van der Waals surface area (Å²) in [4.78, 5) is 36.0. The molecule has 31 heavy (non-hydrogen) atoms. The fraction of sp³-hybridized carbons (Fsp3) is 0.455. The van der Waals surface area contributed by atoms with Crippen LogP contribution in [0, 0.1) is 11.3 Å². The van der Waals surface area contributed by atoms with Crippen molar-refractivity contribution < 1.29 is 24.6 Å². The van der Waals surface area contributed by atoms with Crippen LogP contribution in [-0.4, -0.2) is 53.7 Å². The maximum atomic E-state index is 12.1. The van der Waals surface area contributed by atoms with Crippen LogP contribution in [0.5, 0.6) is 0 Å². The van der Waals surface area contributed by atoms with Crippen LogP contribution < -0.4 is 16.0 Å². The van der Waals surface area contributed by atoms with E-state index in [0.717, 1.165) is 30.6 Å². The molecule has 1 amide bonds. The van der Waals surface area contributed by atoms with Gasteiger partial charge in [0.25, 0.3) is 0 Å². The highest BCUT2D eigenvalue weighted by atomic mass is 16.4. The van der Waals surface area contributed by atoms with E-state index in [1.165, 1.54) is 6.08 Å². The number of nitrogens with one attached hydrogen (secondary N) is 1. The third kappa shape index (κ3) is 7.42. The number of carboxylic acid groups (broad SMARTS) is 2. The Morgan fingerprint density at radius 2 is 2.06 bits per heavy atom. The Balaban J connectivity index is 1.84. The number of nitrogens with two attached hydrogens (primary N) is 1. The molecular weight excluding hydrogens is 400 g/mol. The topological polar surface area (TPSA) is 157 Å². The first-order chi connectivity index (χ1) is 14.8. The first kappa shape index (κ1) is 23.9. The predicted molar refractivity (Wildman–Crippen MR) is 115 cm³/mol. The van der Waals surface area contributed by atoms with E-state index in [1.807, 2.05) is 12.1 Å². The van der Waals surface area contributed by atoms with Crippen LogP contribution in [0.4, 0.5) is 5.69 Å². The van der Waals surface area contributed by atoms with Crippen molar-refractivity contribution in [3.05, 3.63) is 34.9 Å². The van der Waals surface area contributed by atoms with E-state index >= 15 is 0 Å². The van der Waals surface area contributed by atoms with Crippen molar-refractivity contribution in [2.24, 2.45) is 5.73 Å². The van der Waals surface area contributed by atoms with Gasteiger partial charge in [-0.25, -0.2) is 4.79 Å². The minimum absolute atomic E-state index is 0.0608. The van der Waals surface area contributed by atoms with Gasteiger partial charge in [0.05, 0.1) is 0 Å². The number of hydrogen-bond donors (Lipinski definition) is 4. The van der Waals surface area contributed by atoms with Gasteiger partial charge in [-0.1, -0.05) is 6.07 Å². The maximum Gasteiger partial charge on any atom is 0.346 e. The first-order valence-electron chi connectivity index (χ1n) is 10.3. The molecule has 0 aliphatic carbocycles. The summed E-state index contributed by atoms with van der Waals surface area (Å²) >= 11 is 0. The molecule has 1 heterocycles. The van der Waals surface area contributed by atoms with Crippen LogP contribution in [0.1, 0.15) is 43.2 Å². The Morgan fingerprint density at radius 1 is 1.29 bits per heavy atom. The van der Waals surface area contributed by atoms with Crippen molar-refractivity contribution in [1.29, 1.82) is 5.26 Å². The summed E-state index contributed by atoms with van der Waals surface area (Å²) in [7, 11) is 0. The summed E-state index contributed by atoms with van der Waals surface area (Å²) < 4.78 is 0. The number of rotatable bonds is 11. The second-order valence-corrected chi connectivity index (χ2v) is 7.49. The van der Waals surface area contributed by atoms with E-state index < -0.39 is 18.0 Å². The van der Waals surface area contributed by atoms with Crippen molar-refractivity contribution in [3.63, 3.8) is 0 Å². The average Bonchev–Trinajstić information content (AvgIpc) is 2.74. The van der Waals surface area contributed by atoms with Gasteiger partial charge in [-0.15, -0.1) is 0 Å². The highest BCUT2D eigenvalue weighted by Crippen LogP contribution is 2.28. The minimum atomic E-state index is -1.25. The molecule has 9 heteroatoms. The van der Waals surface area contributed by atoms with Crippen LogP contribution in [0.15, 0.2) is 23.8 Å². The minimum Gasteiger partial charge on any atom is -0.480 e. The molecule has 5 N–H and O–H groups in total. The highest BCUT2D eigenvalue weighted by Gasteiger charge is 2.18. The number of anilines is 1. The van der Waals surface area contributed by atoms with E-state index in [1.54, 1.807) is 12.1 Å². The number of carboxylic acids is 2. The van der Waals surface area contributed by atoms with E-state index in [-0.39, 0.29) is 11.5 Å². The molecular formula is C22H28N4O5. The summed E-state index contributed by atoms with van der Waals surface area (Å²) in [6.07, 6.45) is 5.18. The van der Waals surface area contributed by atoms with Gasteiger partial charge in [0.15, 0.2) is 0 Å². The number of carbonyl (C=O) groups excluding carboxylic acids is 1. The average molecular weight is 428 g/mol. The third-order valence-corrected chi connectivity index (χ3v) is 5.17. The van der Waals surface area contributed by atoms with Gasteiger partial charge < -0.3 is 26.2 Å². The number of aliphatic carboxylic acids is 2. The number of aryl methyl sites for hydroxylation is 1. The molecule has 0 saturated heterocycles. The van der Waals surface area contributed by atoms with Gasteiger partial charge in [0.2, 0.25) is 5.91 Å².